The highest BCUT2D eigenvalue weighted by Gasteiger charge is 2.18. The number of nitrogens with zero attached hydrogens (tertiary/aromatic N) is 1. The molecule has 0 aliphatic heterocycles. The van der Waals surface area contributed by atoms with Gasteiger partial charge in [-0.2, -0.15) is 0 Å². The molecular formula is C60H41N. The van der Waals surface area contributed by atoms with E-state index in [1.54, 1.807) is 0 Å². The molecule has 0 aliphatic carbocycles. The molecule has 1 heteroatoms. The third-order valence-electron chi connectivity index (χ3n) is 12.0. The Balaban J connectivity index is 1.04. The van der Waals surface area contributed by atoms with E-state index < -0.39 is 0 Å². The average molecular weight is 776 g/mol. The van der Waals surface area contributed by atoms with Crippen molar-refractivity contribution in [3.63, 3.8) is 0 Å². The van der Waals surface area contributed by atoms with Gasteiger partial charge >= 0.3 is 0 Å². The second kappa shape index (κ2) is 15.6. The van der Waals surface area contributed by atoms with Gasteiger partial charge in [0.25, 0.3) is 0 Å². The van der Waals surface area contributed by atoms with Gasteiger partial charge in [0.05, 0.1) is 0 Å². The van der Waals surface area contributed by atoms with Crippen LogP contribution in [0.2, 0.25) is 0 Å². The molecule has 0 aromatic heterocycles. The van der Waals surface area contributed by atoms with Crippen LogP contribution in [0.25, 0.3) is 88.0 Å². The molecule has 0 heterocycles. The summed E-state index contributed by atoms with van der Waals surface area (Å²) in [6, 6.07) is 90.4. The lowest BCUT2D eigenvalue weighted by atomic mass is 9.89. The predicted octanol–water partition coefficient (Wildman–Crippen LogP) is 17.0. The Morgan fingerprint density at radius 1 is 0.213 bits per heavy atom. The molecule has 61 heavy (non-hydrogen) atoms. The molecule has 0 N–H and O–H groups in total. The lowest BCUT2D eigenvalue weighted by molar-refractivity contribution is 1.28. The minimum absolute atomic E-state index is 1.09. The van der Waals surface area contributed by atoms with Crippen molar-refractivity contribution in [3.05, 3.63) is 249 Å². The van der Waals surface area contributed by atoms with Crippen molar-refractivity contribution < 1.29 is 0 Å². The predicted molar refractivity (Wildman–Crippen MR) is 261 cm³/mol. The van der Waals surface area contributed by atoms with Crippen molar-refractivity contribution in [1.82, 2.24) is 0 Å². The smallest absolute Gasteiger partial charge is 0.0467 e. The van der Waals surface area contributed by atoms with Crippen LogP contribution in [-0.4, -0.2) is 0 Å². The van der Waals surface area contributed by atoms with Crippen molar-refractivity contribution in [2.75, 3.05) is 4.90 Å². The fraction of sp³-hybridized carbons (Fsp3) is 0. The molecule has 0 radical (unpaired) electrons. The van der Waals surface area contributed by atoms with Gasteiger partial charge < -0.3 is 4.90 Å². The summed E-state index contributed by atoms with van der Waals surface area (Å²) < 4.78 is 0. The summed E-state index contributed by atoms with van der Waals surface area (Å²) >= 11 is 0. The van der Waals surface area contributed by atoms with E-state index in [0.29, 0.717) is 0 Å². The monoisotopic (exact) mass is 775 g/mol. The number of rotatable bonds is 8. The second-order valence-electron chi connectivity index (χ2n) is 15.7. The maximum Gasteiger partial charge on any atom is 0.0467 e. The summed E-state index contributed by atoms with van der Waals surface area (Å²) in [6.07, 6.45) is 0. The summed E-state index contributed by atoms with van der Waals surface area (Å²) in [7, 11) is 0. The Labute approximate surface area is 357 Å². The van der Waals surface area contributed by atoms with Crippen molar-refractivity contribution >= 4 is 49.4 Å². The zero-order valence-electron chi connectivity index (χ0n) is 33.6. The maximum atomic E-state index is 2.39. The lowest BCUT2D eigenvalue weighted by Crippen LogP contribution is -2.10. The molecule has 0 amide bonds. The van der Waals surface area contributed by atoms with Gasteiger partial charge in [-0.15, -0.1) is 0 Å². The summed E-state index contributed by atoms with van der Waals surface area (Å²) in [5.41, 5.74) is 15.3. The summed E-state index contributed by atoms with van der Waals surface area (Å²) in [4.78, 5) is 2.39. The zero-order valence-corrected chi connectivity index (χ0v) is 33.6. The molecular weight excluding hydrogens is 735 g/mol. The Kier molecular flexibility index (Phi) is 9.26. The van der Waals surface area contributed by atoms with E-state index >= 15 is 0 Å². The van der Waals surface area contributed by atoms with E-state index in [1.807, 2.05) is 0 Å². The molecule has 0 aliphatic rings. The molecule has 11 rings (SSSR count). The zero-order chi connectivity index (χ0) is 40.5. The molecule has 0 saturated carbocycles. The normalized spacial score (nSPS) is 11.3. The van der Waals surface area contributed by atoms with E-state index in [4.69, 9.17) is 0 Å². The van der Waals surface area contributed by atoms with Crippen LogP contribution in [0.4, 0.5) is 17.1 Å². The molecule has 0 unspecified atom stereocenters. The number of hydrogen-bond acceptors (Lipinski definition) is 1. The number of benzene rings is 11. The molecule has 0 atom stereocenters. The highest BCUT2D eigenvalue weighted by atomic mass is 15.1. The van der Waals surface area contributed by atoms with Crippen molar-refractivity contribution in [3.8, 4) is 55.6 Å². The highest BCUT2D eigenvalue weighted by Crippen LogP contribution is 2.43. The van der Waals surface area contributed by atoms with Crippen LogP contribution in [0.1, 0.15) is 0 Å². The van der Waals surface area contributed by atoms with Crippen LogP contribution in [0.5, 0.6) is 0 Å². The molecule has 1 nitrogen and oxygen atoms in total. The van der Waals surface area contributed by atoms with Crippen LogP contribution >= 0.6 is 0 Å². The lowest BCUT2D eigenvalue weighted by Gasteiger charge is -2.27. The first-order chi connectivity index (χ1) is 30.2. The van der Waals surface area contributed by atoms with Gasteiger partial charge in [-0.25, -0.2) is 0 Å². The van der Waals surface area contributed by atoms with Crippen LogP contribution in [0.3, 0.4) is 0 Å². The average Bonchev–Trinajstić information content (AvgIpc) is 3.34. The Morgan fingerprint density at radius 2 is 0.721 bits per heavy atom. The first kappa shape index (κ1) is 36.1. The van der Waals surface area contributed by atoms with Gasteiger partial charge in [0, 0.05) is 17.1 Å². The van der Waals surface area contributed by atoms with Gasteiger partial charge in [-0.3, -0.25) is 0 Å². The molecule has 0 bridgehead atoms. The minimum atomic E-state index is 1.09. The SMILES string of the molecule is c1ccc(-c2cccc(-c3ccc(N(c4ccc(-c5ccc6ccccc6c5-c5ccccc5)cc4)c4cccc(-c5cc6ccccc6c6ccccc56)c4)cc3)c2)cc1. The van der Waals surface area contributed by atoms with Gasteiger partial charge in [0.2, 0.25) is 0 Å². The molecule has 0 spiro atoms. The summed E-state index contributed by atoms with van der Waals surface area (Å²) in [5.74, 6) is 0. The van der Waals surface area contributed by atoms with Crippen molar-refractivity contribution in [2.45, 2.75) is 0 Å². The maximum absolute atomic E-state index is 2.39. The largest absolute Gasteiger partial charge is 0.310 e. The summed E-state index contributed by atoms with van der Waals surface area (Å²) in [5, 5.41) is 7.52. The van der Waals surface area contributed by atoms with Gasteiger partial charge in [-0.05, 0) is 136 Å². The topological polar surface area (TPSA) is 3.24 Å². The molecule has 0 saturated heterocycles. The fourth-order valence-corrected chi connectivity index (χ4v) is 9.08. The number of hydrogen-bond donors (Lipinski definition) is 0. The second-order valence-corrected chi connectivity index (χ2v) is 15.7. The van der Waals surface area contributed by atoms with Crippen LogP contribution in [0, 0.1) is 0 Å². The van der Waals surface area contributed by atoms with E-state index in [0.717, 1.165) is 17.1 Å². The molecule has 11 aromatic carbocycles. The van der Waals surface area contributed by atoms with E-state index in [-0.39, 0.29) is 0 Å². The Hall–Kier alpha value is -8.00. The minimum Gasteiger partial charge on any atom is -0.310 e. The van der Waals surface area contributed by atoms with Crippen molar-refractivity contribution in [1.29, 1.82) is 0 Å². The van der Waals surface area contributed by atoms with E-state index in [1.165, 1.54) is 88.0 Å². The fourth-order valence-electron chi connectivity index (χ4n) is 9.08. The standard InChI is InChI=1S/C60H41N/c1-3-15-42(16-4-1)47-21-13-22-48(39-47)43-29-34-51(35-30-43)61(53-24-14-23-49(40-53)59-41-50-20-8-9-25-54(50)57-27-11-12-28-58(57)59)52-36-31-45(32-37-52)56-38-33-44-17-7-10-26-55(44)60(56)46-18-5-2-6-19-46/h1-41H. The third kappa shape index (κ3) is 6.83. The molecule has 286 valence electrons. The number of anilines is 3. The van der Waals surface area contributed by atoms with Crippen LogP contribution < -0.4 is 4.90 Å². The first-order valence-corrected chi connectivity index (χ1v) is 21.0. The van der Waals surface area contributed by atoms with E-state index in [9.17, 15) is 0 Å². The van der Waals surface area contributed by atoms with Gasteiger partial charge in [0.1, 0.15) is 0 Å². The van der Waals surface area contributed by atoms with Gasteiger partial charge in [-0.1, -0.05) is 200 Å². The quantitative estimate of drug-likeness (QED) is 0.139. The van der Waals surface area contributed by atoms with Crippen LogP contribution in [0.15, 0.2) is 249 Å². The molecule has 11 aromatic rings. The Morgan fingerprint density at radius 3 is 1.43 bits per heavy atom. The van der Waals surface area contributed by atoms with Crippen LogP contribution in [-0.2, 0) is 0 Å². The highest BCUT2D eigenvalue weighted by molar-refractivity contribution is 6.14. The van der Waals surface area contributed by atoms with Gasteiger partial charge in [0.15, 0.2) is 0 Å². The Bertz CT molecular complexity index is 3330. The van der Waals surface area contributed by atoms with Crippen molar-refractivity contribution in [2.24, 2.45) is 0 Å². The van der Waals surface area contributed by atoms with E-state index in [2.05, 4.69) is 254 Å². The number of fused-ring (bicyclic) bond motifs is 4. The molecule has 0 fully saturated rings. The summed E-state index contributed by atoms with van der Waals surface area (Å²) in [6.45, 7) is 0. The third-order valence-corrected chi connectivity index (χ3v) is 12.0. The first-order valence-electron chi connectivity index (χ1n) is 21.0.